The number of hydrogen-bond donors (Lipinski definition) is 1. The van der Waals surface area contributed by atoms with Gasteiger partial charge in [0.2, 0.25) is 15.7 Å². The van der Waals surface area contributed by atoms with Crippen molar-refractivity contribution < 1.29 is 31.8 Å². The molecule has 0 amide bonds. The highest BCUT2D eigenvalue weighted by Crippen LogP contribution is 2.30. The topological polar surface area (TPSA) is 121 Å². The predicted octanol–water partition coefficient (Wildman–Crippen LogP) is 4.59. The van der Waals surface area contributed by atoms with Gasteiger partial charge in [0, 0.05) is 30.6 Å². The number of nitrogens with zero attached hydrogens (tertiary/aromatic N) is 3. The number of pyridine rings is 1. The highest BCUT2D eigenvalue weighted by molar-refractivity contribution is 7.91. The van der Waals surface area contributed by atoms with Crippen molar-refractivity contribution in [2.24, 2.45) is 0 Å². The number of methoxy groups -OCH3 is 1. The van der Waals surface area contributed by atoms with E-state index < -0.39 is 43.8 Å². The second-order valence-corrected chi connectivity index (χ2v) is 11.4. The molecule has 4 rings (SSSR count). The molecule has 9 nitrogen and oxygen atoms in total. The first kappa shape index (κ1) is 30.0. The fourth-order valence-corrected chi connectivity index (χ4v) is 5.76. The molecule has 0 saturated heterocycles. The minimum Gasteiger partial charge on any atom is -0.492 e. The van der Waals surface area contributed by atoms with Crippen molar-refractivity contribution in [1.29, 1.82) is 0 Å². The van der Waals surface area contributed by atoms with Gasteiger partial charge in [-0.3, -0.25) is 14.3 Å². The van der Waals surface area contributed by atoms with Gasteiger partial charge in [-0.25, -0.2) is 17.2 Å². The Morgan fingerprint density at radius 3 is 2.29 bits per heavy atom. The lowest BCUT2D eigenvalue weighted by Gasteiger charge is -2.24. The molecular formula is C29H29F2N3O6S. The van der Waals surface area contributed by atoms with E-state index in [1.807, 2.05) is 13.0 Å². The van der Waals surface area contributed by atoms with Gasteiger partial charge < -0.3 is 14.6 Å². The van der Waals surface area contributed by atoms with Crippen molar-refractivity contribution in [2.45, 2.75) is 49.3 Å². The Morgan fingerprint density at radius 2 is 1.71 bits per heavy atom. The Morgan fingerprint density at radius 1 is 1.05 bits per heavy atom. The van der Waals surface area contributed by atoms with Gasteiger partial charge in [0.15, 0.2) is 4.90 Å². The molecule has 0 aliphatic heterocycles. The Hall–Kier alpha value is -4.00. The number of halogens is 2. The predicted molar refractivity (Wildman–Crippen MR) is 146 cm³/mol. The molecule has 1 atom stereocenters. The Balaban J connectivity index is 1.91. The standard InChI is InChI=1S/C29H29F2N3O6S/c1-17(2)40-16-26-33-28(35)27(29(36)34(26)25(15-39-4)20-12-21(30)14-22(31)13-20)41(37,38)23-9-7-19(8-10-23)24-6-5-11-32-18(24)3/h5-14,17,25,35H,15-16H2,1-4H3/t25-/m0/s1. The highest BCUT2D eigenvalue weighted by atomic mass is 32.2. The third-order valence-corrected chi connectivity index (χ3v) is 8.12. The summed E-state index contributed by atoms with van der Waals surface area (Å²) in [5.41, 5.74) is 1.07. The average Bonchev–Trinajstić information content (AvgIpc) is 2.90. The quantitative estimate of drug-likeness (QED) is 0.287. The van der Waals surface area contributed by atoms with Crippen LogP contribution in [-0.2, 0) is 25.9 Å². The number of hydrogen-bond acceptors (Lipinski definition) is 8. The number of rotatable bonds is 10. The van der Waals surface area contributed by atoms with Crippen molar-refractivity contribution in [2.75, 3.05) is 13.7 Å². The van der Waals surface area contributed by atoms with Crippen LogP contribution in [0, 0.1) is 18.6 Å². The molecule has 0 unspecified atom stereocenters. The van der Waals surface area contributed by atoms with Crippen molar-refractivity contribution in [3.8, 4) is 17.0 Å². The second kappa shape index (κ2) is 12.2. The first-order valence-corrected chi connectivity index (χ1v) is 14.1. The Labute approximate surface area is 236 Å². The summed E-state index contributed by atoms with van der Waals surface area (Å²) in [6, 6.07) is 10.8. The lowest BCUT2D eigenvalue weighted by Crippen LogP contribution is -2.35. The van der Waals surface area contributed by atoms with E-state index in [1.165, 1.54) is 19.2 Å². The van der Waals surface area contributed by atoms with Gasteiger partial charge in [-0.2, -0.15) is 4.98 Å². The largest absolute Gasteiger partial charge is 0.492 e. The molecule has 4 aromatic rings. The van der Waals surface area contributed by atoms with Crippen LogP contribution in [0.1, 0.15) is 37.0 Å². The maximum Gasteiger partial charge on any atom is 0.277 e. The van der Waals surface area contributed by atoms with Gasteiger partial charge in [-0.05, 0) is 62.2 Å². The molecule has 41 heavy (non-hydrogen) atoms. The molecule has 0 aliphatic rings. The fraction of sp³-hybridized carbons (Fsp3) is 0.276. The van der Waals surface area contributed by atoms with E-state index in [0.717, 1.165) is 28.0 Å². The zero-order valence-corrected chi connectivity index (χ0v) is 23.7. The molecule has 2 aromatic carbocycles. The van der Waals surface area contributed by atoms with Crippen molar-refractivity contribution in [3.05, 3.63) is 99.9 Å². The third-order valence-electron chi connectivity index (χ3n) is 6.33. The number of ether oxygens (including phenoxy) is 2. The molecule has 0 radical (unpaired) electrons. The molecule has 2 heterocycles. The summed E-state index contributed by atoms with van der Waals surface area (Å²) in [4.78, 5) is 20.9. The average molecular weight is 586 g/mol. The minimum atomic E-state index is -4.62. The van der Waals surface area contributed by atoms with Gasteiger partial charge in [0.25, 0.3) is 5.56 Å². The molecule has 12 heteroatoms. The van der Waals surface area contributed by atoms with Crippen LogP contribution in [0.15, 0.2) is 75.4 Å². The van der Waals surface area contributed by atoms with Crippen LogP contribution >= 0.6 is 0 Å². The van der Waals surface area contributed by atoms with E-state index in [2.05, 4.69) is 9.97 Å². The zero-order valence-electron chi connectivity index (χ0n) is 22.8. The summed E-state index contributed by atoms with van der Waals surface area (Å²) in [7, 11) is -3.30. The van der Waals surface area contributed by atoms with Crippen LogP contribution in [0.3, 0.4) is 0 Å². The van der Waals surface area contributed by atoms with Crippen molar-refractivity contribution >= 4 is 9.84 Å². The van der Waals surface area contributed by atoms with E-state index in [-0.39, 0.29) is 35.6 Å². The van der Waals surface area contributed by atoms with Gasteiger partial charge in [-0.1, -0.05) is 18.2 Å². The lowest BCUT2D eigenvalue weighted by atomic mass is 10.1. The third kappa shape index (κ3) is 6.34. The van der Waals surface area contributed by atoms with Gasteiger partial charge in [0.1, 0.15) is 24.1 Å². The molecule has 0 spiro atoms. The van der Waals surface area contributed by atoms with E-state index in [9.17, 15) is 27.1 Å². The normalized spacial score (nSPS) is 12.6. The van der Waals surface area contributed by atoms with Crippen LogP contribution in [-0.4, -0.2) is 47.9 Å². The van der Waals surface area contributed by atoms with Crippen LogP contribution in [0.2, 0.25) is 0 Å². The first-order valence-electron chi connectivity index (χ1n) is 12.6. The van der Waals surface area contributed by atoms with Crippen molar-refractivity contribution in [3.63, 3.8) is 0 Å². The van der Waals surface area contributed by atoms with Crippen LogP contribution in [0.25, 0.3) is 11.1 Å². The molecule has 0 aliphatic carbocycles. The summed E-state index contributed by atoms with van der Waals surface area (Å²) in [5.74, 6) is -2.99. The molecule has 2 aromatic heterocycles. The number of sulfone groups is 1. The smallest absolute Gasteiger partial charge is 0.277 e. The summed E-state index contributed by atoms with van der Waals surface area (Å²) in [6.45, 7) is 4.69. The second-order valence-electron chi connectivity index (χ2n) is 9.55. The van der Waals surface area contributed by atoms with E-state index in [4.69, 9.17) is 9.47 Å². The van der Waals surface area contributed by atoms with Crippen LogP contribution < -0.4 is 5.56 Å². The highest BCUT2D eigenvalue weighted by Gasteiger charge is 2.32. The summed E-state index contributed by atoms with van der Waals surface area (Å²) in [5, 5.41) is 10.8. The molecule has 0 bridgehead atoms. The monoisotopic (exact) mass is 585 g/mol. The maximum absolute atomic E-state index is 14.2. The number of aromatic nitrogens is 3. The SMILES string of the molecule is COC[C@@H](c1cc(F)cc(F)c1)n1c(COC(C)C)nc(O)c(S(=O)(=O)c2ccc(-c3cccnc3C)cc2)c1=O. The lowest BCUT2D eigenvalue weighted by molar-refractivity contribution is 0.0557. The van der Waals surface area contributed by atoms with Gasteiger partial charge in [0.05, 0.1) is 23.6 Å². The van der Waals surface area contributed by atoms with E-state index in [0.29, 0.717) is 11.6 Å². The Kier molecular flexibility index (Phi) is 8.95. The number of benzene rings is 2. The van der Waals surface area contributed by atoms with Crippen LogP contribution in [0.4, 0.5) is 8.78 Å². The van der Waals surface area contributed by atoms with Crippen molar-refractivity contribution in [1.82, 2.24) is 14.5 Å². The first-order chi connectivity index (χ1) is 19.4. The fourth-order valence-electron chi connectivity index (χ4n) is 4.41. The maximum atomic E-state index is 14.2. The zero-order chi connectivity index (χ0) is 29.9. The summed E-state index contributed by atoms with van der Waals surface area (Å²) in [6.07, 6.45) is 1.32. The number of aryl methyl sites for hydroxylation is 1. The summed E-state index contributed by atoms with van der Waals surface area (Å²) >= 11 is 0. The van der Waals surface area contributed by atoms with E-state index in [1.54, 1.807) is 38.2 Å². The van der Waals surface area contributed by atoms with Gasteiger partial charge in [-0.15, -0.1) is 0 Å². The molecule has 1 N–H and O–H groups in total. The van der Waals surface area contributed by atoms with Gasteiger partial charge >= 0.3 is 0 Å². The molecule has 216 valence electrons. The minimum absolute atomic E-state index is 0.00993. The Bertz CT molecular complexity index is 1700. The molecule has 0 fully saturated rings. The molecule has 0 saturated carbocycles. The number of aromatic hydroxyl groups is 1. The van der Waals surface area contributed by atoms with E-state index >= 15 is 0 Å². The molecular weight excluding hydrogens is 556 g/mol. The summed E-state index contributed by atoms with van der Waals surface area (Å²) < 4.78 is 67.6. The van der Waals surface area contributed by atoms with Crippen LogP contribution in [0.5, 0.6) is 5.88 Å².